The van der Waals surface area contributed by atoms with E-state index in [1.165, 1.54) is 21.6 Å². The van der Waals surface area contributed by atoms with Crippen molar-refractivity contribution in [1.82, 2.24) is 14.5 Å². The van der Waals surface area contributed by atoms with Gasteiger partial charge in [0.25, 0.3) is 5.56 Å². The number of halogens is 2. The Labute approximate surface area is 200 Å². The molecule has 6 nitrogen and oxygen atoms in total. The topological polar surface area (TPSA) is 67.2 Å². The predicted octanol–water partition coefficient (Wildman–Crippen LogP) is 4.61. The van der Waals surface area contributed by atoms with Crippen molar-refractivity contribution in [3.63, 3.8) is 0 Å². The van der Waals surface area contributed by atoms with Gasteiger partial charge in [0.1, 0.15) is 23.0 Å². The summed E-state index contributed by atoms with van der Waals surface area (Å²) in [5.74, 6) is 0.0969. The Morgan fingerprint density at radius 2 is 2.12 bits per heavy atom. The van der Waals surface area contributed by atoms with Gasteiger partial charge >= 0.3 is 0 Å². The zero-order valence-electron chi connectivity index (χ0n) is 18.5. The minimum Gasteiger partial charge on any atom is -0.322 e. The second-order valence-corrected chi connectivity index (χ2v) is 10.6. The number of amides is 1. The molecule has 1 N–H and O–H groups in total. The Hall–Kier alpha value is -2.29. The van der Waals surface area contributed by atoms with E-state index in [9.17, 15) is 14.0 Å². The van der Waals surface area contributed by atoms with Gasteiger partial charge in [-0.05, 0) is 74.9 Å². The molecule has 2 aromatic heterocycles. The van der Waals surface area contributed by atoms with E-state index in [-0.39, 0.29) is 22.8 Å². The van der Waals surface area contributed by atoms with E-state index >= 15 is 0 Å². The van der Waals surface area contributed by atoms with Crippen LogP contribution in [0.25, 0.3) is 10.2 Å². The van der Waals surface area contributed by atoms with Gasteiger partial charge in [-0.15, -0.1) is 11.3 Å². The molecule has 174 valence electrons. The fourth-order valence-corrected chi connectivity index (χ4v) is 6.37. The van der Waals surface area contributed by atoms with E-state index in [1.54, 1.807) is 11.3 Å². The second-order valence-electron chi connectivity index (χ2n) is 9.11. The van der Waals surface area contributed by atoms with Gasteiger partial charge in [-0.2, -0.15) is 0 Å². The normalized spacial score (nSPS) is 18.6. The van der Waals surface area contributed by atoms with Gasteiger partial charge in [0.2, 0.25) is 5.91 Å². The van der Waals surface area contributed by atoms with E-state index < -0.39 is 11.7 Å². The summed E-state index contributed by atoms with van der Waals surface area (Å²) in [4.78, 5) is 35.7. The van der Waals surface area contributed by atoms with Crippen LogP contribution in [0.15, 0.2) is 23.0 Å². The number of rotatable bonds is 5. The van der Waals surface area contributed by atoms with Gasteiger partial charge in [0, 0.05) is 9.90 Å². The van der Waals surface area contributed by atoms with Crippen molar-refractivity contribution in [3.8, 4) is 0 Å². The van der Waals surface area contributed by atoms with Crippen LogP contribution in [0.2, 0.25) is 5.02 Å². The van der Waals surface area contributed by atoms with Gasteiger partial charge in [0.05, 0.1) is 17.6 Å². The number of fused-ring (bicyclic) bond motifs is 3. The summed E-state index contributed by atoms with van der Waals surface area (Å²) in [6, 6.07) is 4.08. The fraction of sp³-hybridized carbons (Fsp3) is 0.458. The summed E-state index contributed by atoms with van der Waals surface area (Å²) >= 11 is 7.43. The smallest absolute Gasteiger partial charge is 0.263 e. The Bertz CT molecular complexity index is 1280. The van der Waals surface area contributed by atoms with Crippen LogP contribution in [0.5, 0.6) is 0 Å². The van der Waals surface area contributed by atoms with Crippen molar-refractivity contribution in [2.75, 3.05) is 18.4 Å². The van der Waals surface area contributed by atoms with Gasteiger partial charge in [0.15, 0.2) is 0 Å². The second kappa shape index (κ2) is 9.16. The number of likely N-dealkylation sites (tertiary alicyclic amines) is 1. The molecule has 0 bridgehead atoms. The van der Waals surface area contributed by atoms with E-state index in [4.69, 9.17) is 16.6 Å². The molecule has 1 aliphatic carbocycles. The summed E-state index contributed by atoms with van der Waals surface area (Å²) < 4.78 is 15.7. The van der Waals surface area contributed by atoms with Crippen molar-refractivity contribution in [2.24, 2.45) is 5.92 Å². The molecule has 3 heterocycles. The molecule has 0 unspecified atom stereocenters. The molecule has 0 radical (unpaired) electrons. The quantitative estimate of drug-likeness (QED) is 0.569. The van der Waals surface area contributed by atoms with Gasteiger partial charge in [-0.3, -0.25) is 19.1 Å². The first-order valence-corrected chi connectivity index (χ1v) is 12.6. The standard InChI is InChI=1S/C24H26ClFN4O2S/c1-14-4-6-16-19(10-14)33-23-22(16)24(32)30(20(28-23)12-29-8-2-3-9-29)13-21(31)27-18-7-5-15(25)11-17(18)26/h5,7,11,14H,2-4,6,8-10,12-13H2,1H3,(H,27,31)/t14-/m0/s1. The summed E-state index contributed by atoms with van der Waals surface area (Å²) in [5, 5.41) is 3.47. The fourth-order valence-electron chi connectivity index (χ4n) is 4.81. The third-order valence-electron chi connectivity index (χ3n) is 6.56. The number of nitrogens with zero attached hydrogens (tertiary/aromatic N) is 3. The highest BCUT2D eigenvalue weighted by Gasteiger charge is 2.26. The molecule has 1 fully saturated rings. The molecule has 1 saturated heterocycles. The molecule has 1 atom stereocenters. The average molecular weight is 489 g/mol. The molecule has 0 saturated carbocycles. The maximum absolute atomic E-state index is 14.2. The number of benzene rings is 1. The molecule has 1 amide bonds. The number of carbonyl (C=O) groups excluding carboxylic acids is 1. The number of hydrogen-bond donors (Lipinski definition) is 1. The van der Waals surface area contributed by atoms with Crippen molar-refractivity contribution in [3.05, 3.63) is 55.7 Å². The molecule has 0 spiro atoms. The van der Waals surface area contributed by atoms with Crippen LogP contribution in [0.1, 0.15) is 42.5 Å². The van der Waals surface area contributed by atoms with Crippen LogP contribution >= 0.6 is 22.9 Å². The highest BCUT2D eigenvalue weighted by molar-refractivity contribution is 7.18. The largest absolute Gasteiger partial charge is 0.322 e. The minimum atomic E-state index is -0.616. The summed E-state index contributed by atoms with van der Waals surface area (Å²) in [7, 11) is 0. The zero-order chi connectivity index (χ0) is 23.1. The molecule has 2 aliphatic rings. The lowest BCUT2D eigenvalue weighted by Crippen LogP contribution is -2.34. The highest BCUT2D eigenvalue weighted by Crippen LogP contribution is 2.36. The Morgan fingerprint density at radius 1 is 1.33 bits per heavy atom. The van der Waals surface area contributed by atoms with Gasteiger partial charge < -0.3 is 5.32 Å². The van der Waals surface area contributed by atoms with E-state index in [2.05, 4.69) is 17.1 Å². The number of carbonyl (C=O) groups is 1. The van der Waals surface area contributed by atoms with Crippen LogP contribution in [-0.4, -0.2) is 33.4 Å². The third kappa shape index (κ3) is 4.56. The summed E-state index contributed by atoms with van der Waals surface area (Å²) in [6.07, 6.45) is 5.11. The zero-order valence-corrected chi connectivity index (χ0v) is 20.1. The number of hydrogen-bond acceptors (Lipinski definition) is 5. The lowest BCUT2D eigenvalue weighted by Gasteiger charge is -2.19. The minimum absolute atomic E-state index is 0.0366. The molecular weight excluding hydrogens is 463 g/mol. The van der Waals surface area contributed by atoms with Gasteiger partial charge in [-0.25, -0.2) is 9.37 Å². The van der Waals surface area contributed by atoms with E-state index in [1.807, 2.05) is 0 Å². The average Bonchev–Trinajstić information content (AvgIpc) is 3.40. The Kier molecular flexibility index (Phi) is 6.24. The lowest BCUT2D eigenvalue weighted by atomic mass is 9.89. The first kappa shape index (κ1) is 22.5. The number of nitrogens with one attached hydrogen (secondary N) is 1. The summed E-state index contributed by atoms with van der Waals surface area (Å²) in [5.41, 5.74) is 0.957. The number of aryl methyl sites for hydroxylation is 1. The van der Waals surface area contributed by atoms with Crippen LogP contribution < -0.4 is 10.9 Å². The van der Waals surface area contributed by atoms with Crippen LogP contribution in [0.3, 0.4) is 0 Å². The lowest BCUT2D eigenvalue weighted by molar-refractivity contribution is -0.116. The first-order valence-electron chi connectivity index (χ1n) is 11.4. The molecule has 33 heavy (non-hydrogen) atoms. The van der Waals surface area contributed by atoms with Crippen LogP contribution in [0.4, 0.5) is 10.1 Å². The molecule has 1 aliphatic heterocycles. The monoisotopic (exact) mass is 488 g/mol. The van der Waals surface area contributed by atoms with Crippen molar-refractivity contribution in [2.45, 2.75) is 52.1 Å². The maximum Gasteiger partial charge on any atom is 0.263 e. The molecule has 1 aromatic carbocycles. The SMILES string of the molecule is C[C@H]1CCc2c(sc3nc(CN4CCCC4)n(CC(=O)Nc4ccc(Cl)cc4F)c(=O)c23)C1. The van der Waals surface area contributed by atoms with Gasteiger partial charge in [-0.1, -0.05) is 18.5 Å². The third-order valence-corrected chi connectivity index (χ3v) is 7.95. The van der Waals surface area contributed by atoms with E-state index in [0.717, 1.165) is 61.7 Å². The molecular formula is C24H26ClFN4O2S. The van der Waals surface area contributed by atoms with E-state index in [0.29, 0.717) is 23.7 Å². The summed E-state index contributed by atoms with van der Waals surface area (Å²) in [6.45, 7) is 4.45. The number of thiophene rings is 1. The Balaban J connectivity index is 1.52. The van der Waals surface area contributed by atoms with Crippen LogP contribution in [0, 0.1) is 11.7 Å². The van der Waals surface area contributed by atoms with Crippen molar-refractivity contribution in [1.29, 1.82) is 0 Å². The highest BCUT2D eigenvalue weighted by atomic mass is 35.5. The van der Waals surface area contributed by atoms with Crippen molar-refractivity contribution >= 4 is 44.7 Å². The Morgan fingerprint density at radius 3 is 2.88 bits per heavy atom. The maximum atomic E-state index is 14.2. The molecule has 3 aromatic rings. The first-order chi connectivity index (χ1) is 15.9. The molecule has 9 heteroatoms. The van der Waals surface area contributed by atoms with Crippen molar-refractivity contribution < 1.29 is 9.18 Å². The predicted molar refractivity (Wildman–Crippen MR) is 130 cm³/mol. The number of aromatic nitrogens is 2. The van der Waals surface area contributed by atoms with Crippen LogP contribution in [-0.2, 0) is 30.7 Å². The number of anilines is 1. The molecule has 5 rings (SSSR count).